The van der Waals surface area contributed by atoms with Gasteiger partial charge in [0.25, 0.3) is 0 Å². The molecule has 0 spiro atoms. The largest absolute Gasteiger partial charge is 0.394 e. The molecular weight excluding hydrogens is 718 g/mol. The molecule has 4 aromatic rings. The molecule has 1 fully saturated rings. The number of H-pyrrole nitrogens is 1. The number of nitrogens with zero attached hydrogens (tertiary/aromatic N) is 3. The van der Waals surface area contributed by atoms with Crippen LogP contribution in [-0.4, -0.2) is 130 Å². The van der Waals surface area contributed by atoms with Crippen LogP contribution in [0.2, 0.25) is 0 Å². The van der Waals surface area contributed by atoms with Gasteiger partial charge >= 0.3 is 0 Å². The first kappa shape index (κ1) is 41.3. The first-order valence-corrected chi connectivity index (χ1v) is 18.6. The molecule has 295 valence electrons. The highest BCUT2D eigenvalue weighted by atomic mass is 16.3. The number of benzene rings is 3. The number of nitrogens with one attached hydrogen (secondary N) is 4. The first-order chi connectivity index (χ1) is 27.2. The topological polar surface area (TPSA) is 204 Å². The Kier molecular flexibility index (Phi) is 15.2. The fourth-order valence-electron chi connectivity index (χ4n) is 6.70. The number of likely N-dealkylation sites (tertiary alicyclic amines) is 1. The average Bonchev–Trinajstić information content (AvgIpc) is 3.89. The number of aromatic nitrogens is 1. The summed E-state index contributed by atoms with van der Waals surface area (Å²) in [5.74, 6) is -2.87. The van der Waals surface area contributed by atoms with Gasteiger partial charge in [0.05, 0.1) is 26.3 Å². The fourth-order valence-corrected chi connectivity index (χ4v) is 6.70. The summed E-state index contributed by atoms with van der Waals surface area (Å²) in [6.45, 7) is -1.43. The SMILES string of the molecule is O=[C][C@H](CO)NC(=O)[C@H](CO)NC(=O)CN(CCc1c[nH]c2ccccc12)C(=O)CN(Cc1ccccc1)C(=O)[C@@H]1CCCN1C(=O)CNCc1ccccc1. The zero-order chi connectivity index (χ0) is 39.9. The van der Waals surface area contributed by atoms with Crippen LogP contribution in [0.4, 0.5) is 0 Å². The van der Waals surface area contributed by atoms with Crippen LogP contribution in [0.25, 0.3) is 10.9 Å². The molecule has 15 heteroatoms. The summed E-state index contributed by atoms with van der Waals surface area (Å²) in [4.78, 5) is 86.6. The zero-order valence-corrected chi connectivity index (χ0v) is 31.1. The predicted molar refractivity (Wildman–Crippen MR) is 207 cm³/mol. The van der Waals surface area contributed by atoms with Gasteiger partial charge in [-0.05, 0) is 42.0 Å². The van der Waals surface area contributed by atoms with E-state index in [1.807, 2.05) is 91.1 Å². The minimum atomic E-state index is -1.49. The van der Waals surface area contributed by atoms with Crippen molar-refractivity contribution >= 4 is 46.7 Å². The summed E-state index contributed by atoms with van der Waals surface area (Å²) < 4.78 is 0. The monoisotopic (exact) mass is 766 g/mol. The third kappa shape index (κ3) is 11.3. The van der Waals surface area contributed by atoms with Gasteiger partial charge in [-0.15, -0.1) is 0 Å². The second-order valence-corrected chi connectivity index (χ2v) is 13.6. The maximum Gasteiger partial charge on any atom is 0.246 e. The number of amides is 5. The van der Waals surface area contributed by atoms with Gasteiger partial charge in [0.15, 0.2) is 0 Å². The van der Waals surface area contributed by atoms with E-state index in [1.165, 1.54) is 16.1 Å². The third-order valence-electron chi connectivity index (χ3n) is 9.65. The Labute approximate surface area is 325 Å². The standard InChI is InChI=1S/C41H48N7O8/c49-26-32(27-50)44-40(55)35(28-51)45-37(52)24-46(19-17-31-21-43-34-15-8-7-14-33(31)34)39(54)25-47(23-30-12-5-2-6-13-30)41(56)36-16-9-18-48(36)38(53)22-42-20-29-10-3-1-4-11-29/h1-8,10-15,21,32,35-36,42-43,49,51H,9,16-20,22-26,28H2,(H,44,55)(H,45,52)/t32-,35-,36-/m0/s1. The lowest BCUT2D eigenvalue weighted by atomic mass is 10.1. The maximum atomic E-state index is 14.4. The van der Waals surface area contributed by atoms with Gasteiger partial charge in [-0.2, -0.15) is 0 Å². The molecule has 0 aliphatic carbocycles. The number of aliphatic hydroxyl groups excluding tert-OH is 2. The van der Waals surface area contributed by atoms with Crippen LogP contribution < -0.4 is 16.0 Å². The number of hydrogen-bond donors (Lipinski definition) is 6. The molecule has 1 aliphatic heterocycles. The number of carbonyl (C=O) groups is 5. The van der Waals surface area contributed by atoms with Crippen molar-refractivity contribution in [2.45, 2.75) is 50.5 Å². The number of para-hydroxylation sites is 1. The van der Waals surface area contributed by atoms with Crippen LogP contribution in [0.1, 0.15) is 29.5 Å². The lowest BCUT2D eigenvalue weighted by molar-refractivity contribution is -0.147. The summed E-state index contributed by atoms with van der Waals surface area (Å²) in [5.41, 5.74) is 3.58. The van der Waals surface area contributed by atoms with Crippen LogP contribution >= 0.6 is 0 Å². The van der Waals surface area contributed by atoms with Crippen LogP contribution in [0, 0.1) is 0 Å². The van der Waals surface area contributed by atoms with Crippen LogP contribution in [0.5, 0.6) is 0 Å². The zero-order valence-electron chi connectivity index (χ0n) is 31.1. The highest BCUT2D eigenvalue weighted by Crippen LogP contribution is 2.22. The van der Waals surface area contributed by atoms with Gasteiger partial charge in [0.1, 0.15) is 24.7 Å². The maximum absolute atomic E-state index is 14.4. The molecule has 1 saturated heterocycles. The van der Waals surface area contributed by atoms with E-state index >= 15 is 0 Å². The molecule has 15 nitrogen and oxygen atoms in total. The molecule has 1 radical (unpaired) electrons. The van der Waals surface area contributed by atoms with Crippen molar-refractivity contribution in [3.05, 3.63) is 108 Å². The second kappa shape index (κ2) is 20.7. The molecule has 5 amide bonds. The predicted octanol–water partition coefficient (Wildman–Crippen LogP) is 0.413. The lowest BCUT2D eigenvalue weighted by Gasteiger charge is -2.32. The molecule has 1 aliphatic rings. The Bertz CT molecular complexity index is 1940. The molecular formula is C41H48N7O8. The van der Waals surface area contributed by atoms with Crippen LogP contribution in [0.3, 0.4) is 0 Å². The van der Waals surface area contributed by atoms with Crippen molar-refractivity contribution in [2.75, 3.05) is 45.9 Å². The van der Waals surface area contributed by atoms with Crippen LogP contribution in [0.15, 0.2) is 91.1 Å². The van der Waals surface area contributed by atoms with E-state index in [4.69, 9.17) is 0 Å². The number of aromatic amines is 1. The van der Waals surface area contributed by atoms with Crippen molar-refractivity contribution in [3.8, 4) is 0 Å². The van der Waals surface area contributed by atoms with E-state index in [2.05, 4.69) is 20.9 Å². The van der Waals surface area contributed by atoms with Crippen molar-refractivity contribution in [3.63, 3.8) is 0 Å². The summed E-state index contributed by atoms with van der Waals surface area (Å²) in [5, 5.41) is 27.8. The molecule has 56 heavy (non-hydrogen) atoms. The molecule has 5 rings (SSSR count). The van der Waals surface area contributed by atoms with Crippen molar-refractivity contribution < 1.29 is 39.0 Å². The Balaban J connectivity index is 1.33. The Hall–Kier alpha value is -5.90. The molecule has 6 N–H and O–H groups in total. The molecule has 2 heterocycles. The van der Waals surface area contributed by atoms with Gasteiger partial charge in [0, 0.05) is 43.3 Å². The number of carbonyl (C=O) groups excluding carboxylic acids is 6. The highest BCUT2D eigenvalue weighted by Gasteiger charge is 2.37. The van der Waals surface area contributed by atoms with Crippen molar-refractivity contribution in [1.29, 1.82) is 0 Å². The summed E-state index contributed by atoms with van der Waals surface area (Å²) in [6, 6.07) is 22.8. The molecule has 1 aromatic heterocycles. The molecule has 3 aromatic carbocycles. The number of fused-ring (bicyclic) bond motifs is 1. The molecule has 0 bridgehead atoms. The lowest BCUT2D eigenvalue weighted by Crippen LogP contribution is -2.55. The van der Waals surface area contributed by atoms with E-state index in [1.54, 1.807) is 4.90 Å². The Morgan fingerprint density at radius 3 is 2.25 bits per heavy atom. The van der Waals surface area contributed by atoms with E-state index in [9.17, 15) is 39.0 Å². The van der Waals surface area contributed by atoms with E-state index < -0.39 is 62.2 Å². The summed E-state index contributed by atoms with van der Waals surface area (Å²) in [7, 11) is 0. The van der Waals surface area contributed by atoms with Crippen molar-refractivity contribution in [1.82, 2.24) is 35.6 Å². The Morgan fingerprint density at radius 2 is 1.55 bits per heavy atom. The summed E-state index contributed by atoms with van der Waals surface area (Å²) in [6.07, 6.45) is 4.67. The fraction of sp³-hybridized carbons (Fsp3) is 0.366. The van der Waals surface area contributed by atoms with Gasteiger partial charge in [-0.3, -0.25) is 28.8 Å². The van der Waals surface area contributed by atoms with E-state index in [0.29, 0.717) is 32.4 Å². The molecule has 0 unspecified atom stereocenters. The number of rotatable bonds is 20. The van der Waals surface area contributed by atoms with Gasteiger partial charge in [-0.25, -0.2) is 0 Å². The average molecular weight is 767 g/mol. The van der Waals surface area contributed by atoms with E-state index in [-0.39, 0.29) is 31.4 Å². The van der Waals surface area contributed by atoms with Gasteiger partial charge in [-0.1, -0.05) is 78.9 Å². The van der Waals surface area contributed by atoms with Crippen molar-refractivity contribution in [2.24, 2.45) is 0 Å². The van der Waals surface area contributed by atoms with Crippen LogP contribution in [-0.2, 0) is 48.3 Å². The van der Waals surface area contributed by atoms with Gasteiger partial charge < -0.3 is 45.8 Å². The normalized spacial score (nSPS) is 14.8. The number of hydrogen-bond acceptors (Lipinski definition) is 9. The first-order valence-electron chi connectivity index (χ1n) is 18.6. The van der Waals surface area contributed by atoms with Gasteiger partial charge in [0.2, 0.25) is 35.8 Å². The Morgan fingerprint density at radius 1 is 0.857 bits per heavy atom. The molecule has 0 saturated carbocycles. The minimum absolute atomic E-state index is 0.0356. The number of aliphatic hydroxyl groups is 2. The quantitative estimate of drug-likeness (QED) is 0.0737. The second-order valence-electron chi connectivity index (χ2n) is 13.6. The van der Waals surface area contributed by atoms with E-state index in [0.717, 1.165) is 27.6 Å². The summed E-state index contributed by atoms with van der Waals surface area (Å²) >= 11 is 0. The minimum Gasteiger partial charge on any atom is -0.394 e. The third-order valence-corrected chi connectivity index (χ3v) is 9.65. The molecule has 3 atom stereocenters. The smallest absolute Gasteiger partial charge is 0.246 e. The highest BCUT2D eigenvalue weighted by molar-refractivity contribution is 5.94.